The van der Waals surface area contributed by atoms with Gasteiger partial charge in [0.15, 0.2) is 0 Å². The zero-order valence-corrected chi connectivity index (χ0v) is 24.2. The van der Waals surface area contributed by atoms with Crippen LogP contribution in [0.3, 0.4) is 0 Å². The Bertz CT molecular complexity index is 1720. The molecule has 1 saturated heterocycles. The molecule has 40 heavy (non-hydrogen) atoms. The van der Waals surface area contributed by atoms with E-state index in [9.17, 15) is 23.6 Å². The van der Waals surface area contributed by atoms with Crippen LogP contribution in [0.15, 0.2) is 87.1 Å². The molecule has 0 spiro atoms. The molecule has 0 aliphatic carbocycles. The highest BCUT2D eigenvalue weighted by Crippen LogP contribution is 2.53. The van der Waals surface area contributed by atoms with Gasteiger partial charge in [0.05, 0.1) is 16.6 Å². The molecule has 6 rings (SSSR count). The maximum absolute atomic E-state index is 13.9. The van der Waals surface area contributed by atoms with E-state index in [1.807, 2.05) is 25.1 Å². The predicted molar refractivity (Wildman–Crippen MR) is 156 cm³/mol. The van der Waals surface area contributed by atoms with Crippen molar-refractivity contribution in [2.75, 3.05) is 10.2 Å². The number of para-hydroxylation sites is 1. The van der Waals surface area contributed by atoms with Crippen molar-refractivity contribution in [3.63, 3.8) is 0 Å². The molecule has 2 aliphatic heterocycles. The highest BCUT2D eigenvalue weighted by Gasteiger charge is 2.56. The molecule has 2 unspecified atom stereocenters. The van der Waals surface area contributed by atoms with E-state index in [1.165, 1.54) is 21.6 Å². The van der Waals surface area contributed by atoms with E-state index in [0.717, 1.165) is 33.1 Å². The van der Waals surface area contributed by atoms with Gasteiger partial charge < -0.3 is 5.32 Å². The molecule has 1 N–H and O–H groups in total. The number of nitrogens with zero attached hydrogens (tertiary/aromatic N) is 2. The fourth-order valence-corrected chi connectivity index (χ4v) is 8.21. The molecule has 3 atom stereocenters. The van der Waals surface area contributed by atoms with Gasteiger partial charge in [-0.25, -0.2) is 9.29 Å². The fourth-order valence-electron chi connectivity index (χ4n) is 5.18. The van der Waals surface area contributed by atoms with Crippen LogP contribution in [0, 0.1) is 18.7 Å². The summed E-state index contributed by atoms with van der Waals surface area (Å²) in [4.78, 5) is 55.3. The van der Waals surface area contributed by atoms with Gasteiger partial charge in [-0.3, -0.25) is 23.7 Å². The first-order valence-corrected chi connectivity index (χ1v) is 14.9. The van der Waals surface area contributed by atoms with E-state index in [0.29, 0.717) is 26.8 Å². The van der Waals surface area contributed by atoms with Crippen LogP contribution in [0.1, 0.15) is 21.9 Å². The summed E-state index contributed by atoms with van der Waals surface area (Å²) in [6.07, 6.45) is 0. The molecular weight excluding hydrogens is 617 g/mol. The standard InChI is InChI=1S/C29H21BrFN3O4S2/c1-15-4-2-3-5-20(15)32-21(35)14-33-28-25(40-29(33)38)22(16-6-10-18(31)11-7-16)23-24(39-28)27(37)34(26(23)36)19-12-8-17(30)9-13-19/h2-13,22-24H,14H2,1H3,(H,32,35)/t22-,23?,24?/m1/s1. The van der Waals surface area contributed by atoms with E-state index < -0.39 is 28.8 Å². The molecule has 11 heteroatoms. The number of aryl methyl sites for hydroxylation is 1. The number of nitrogens with one attached hydrogen (secondary N) is 1. The lowest BCUT2D eigenvalue weighted by Gasteiger charge is -2.30. The number of imide groups is 1. The molecule has 1 fully saturated rings. The summed E-state index contributed by atoms with van der Waals surface area (Å²) in [5, 5.41) is 2.50. The number of carbonyl (C=O) groups excluding carboxylic acids is 3. The van der Waals surface area contributed by atoms with E-state index >= 15 is 0 Å². The Morgan fingerprint density at radius 2 is 1.68 bits per heavy atom. The first-order chi connectivity index (χ1) is 19.2. The highest BCUT2D eigenvalue weighted by atomic mass is 79.9. The second-order valence-electron chi connectivity index (χ2n) is 9.57. The Balaban J connectivity index is 1.41. The Morgan fingerprint density at radius 1 is 0.975 bits per heavy atom. The van der Waals surface area contributed by atoms with Crippen LogP contribution in [-0.2, 0) is 20.9 Å². The van der Waals surface area contributed by atoms with E-state index in [2.05, 4.69) is 21.2 Å². The first-order valence-electron chi connectivity index (χ1n) is 12.4. The van der Waals surface area contributed by atoms with E-state index in [-0.39, 0.29) is 23.2 Å². The summed E-state index contributed by atoms with van der Waals surface area (Å²) in [5.41, 5.74) is 2.59. The van der Waals surface area contributed by atoms with Crippen molar-refractivity contribution < 1.29 is 18.8 Å². The SMILES string of the molecule is Cc1ccccc1NC(=O)Cn1c2c(sc1=O)[C@H](c1ccc(F)cc1)C1C(=O)N(c3ccc(Br)cc3)C(=O)C1S2. The summed E-state index contributed by atoms with van der Waals surface area (Å²) < 4.78 is 16.0. The molecule has 3 amide bonds. The number of amides is 3. The maximum Gasteiger partial charge on any atom is 0.308 e. The number of benzene rings is 3. The molecular formula is C29H21BrFN3O4S2. The average Bonchev–Trinajstić information content (AvgIpc) is 3.37. The van der Waals surface area contributed by atoms with Gasteiger partial charge in [0, 0.05) is 21.0 Å². The molecule has 4 aromatic rings. The Hall–Kier alpha value is -3.54. The summed E-state index contributed by atoms with van der Waals surface area (Å²) in [5.74, 6) is -3.05. The van der Waals surface area contributed by atoms with Gasteiger partial charge in [-0.15, -0.1) is 0 Å². The van der Waals surface area contributed by atoms with E-state index in [1.54, 1.807) is 42.5 Å². The van der Waals surface area contributed by atoms with Crippen LogP contribution < -0.4 is 15.1 Å². The third-order valence-electron chi connectivity index (χ3n) is 7.08. The van der Waals surface area contributed by atoms with Crippen LogP contribution in [-0.4, -0.2) is 27.5 Å². The minimum absolute atomic E-state index is 0.252. The van der Waals surface area contributed by atoms with Crippen LogP contribution in [0.25, 0.3) is 0 Å². The Labute approximate surface area is 245 Å². The maximum atomic E-state index is 13.9. The summed E-state index contributed by atoms with van der Waals surface area (Å²) in [7, 11) is 0. The average molecular weight is 639 g/mol. The van der Waals surface area contributed by atoms with Gasteiger partial charge in [0.2, 0.25) is 17.7 Å². The van der Waals surface area contributed by atoms with Crippen molar-refractivity contribution in [1.29, 1.82) is 0 Å². The number of aromatic nitrogens is 1. The minimum atomic E-state index is -0.821. The number of fused-ring (bicyclic) bond motifs is 2. The van der Waals surface area contributed by atoms with Crippen molar-refractivity contribution in [3.05, 3.63) is 109 Å². The second-order valence-corrected chi connectivity index (χ2v) is 12.6. The van der Waals surface area contributed by atoms with Gasteiger partial charge in [0.25, 0.3) is 0 Å². The van der Waals surface area contributed by atoms with Crippen molar-refractivity contribution in [1.82, 2.24) is 4.57 Å². The Morgan fingerprint density at radius 3 is 2.38 bits per heavy atom. The number of hydrogen-bond acceptors (Lipinski definition) is 6. The van der Waals surface area contributed by atoms with Crippen LogP contribution in [0.4, 0.5) is 15.8 Å². The molecule has 3 heterocycles. The number of hydrogen-bond donors (Lipinski definition) is 1. The van der Waals surface area contributed by atoms with Gasteiger partial charge >= 0.3 is 4.87 Å². The normalized spacial score (nSPS) is 19.9. The molecule has 1 aromatic heterocycles. The Kier molecular flexibility index (Phi) is 6.97. The largest absolute Gasteiger partial charge is 0.324 e. The van der Waals surface area contributed by atoms with Crippen LogP contribution >= 0.6 is 39.0 Å². The van der Waals surface area contributed by atoms with Crippen molar-refractivity contribution in [3.8, 4) is 0 Å². The smallest absolute Gasteiger partial charge is 0.308 e. The topological polar surface area (TPSA) is 88.5 Å². The molecule has 3 aromatic carbocycles. The van der Waals surface area contributed by atoms with Gasteiger partial charge in [0.1, 0.15) is 17.6 Å². The molecule has 0 radical (unpaired) electrons. The number of rotatable bonds is 5. The molecule has 2 aliphatic rings. The number of thioether (sulfide) groups is 1. The zero-order chi connectivity index (χ0) is 28.1. The first kappa shape index (κ1) is 26.7. The predicted octanol–water partition coefficient (Wildman–Crippen LogP) is 5.55. The molecule has 202 valence electrons. The lowest BCUT2D eigenvalue weighted by atomic mass is 9.83. The van der Waals surface area contributed by atoms with Gasteiger partial charge in [-0.1, -0.05) is 69.4 Å². The van der Waals surface area contributed by atoms with Gasteiger partial charge in [-0.05, 0) is 60.5 Å². The molecule has 7 nitrogen and oxygen atoms in total. The monoisotopic (exact) mass is 637 g/mol. The third kappa shape index (κ3) is 4.61. The molecule has 0 bridgehead atoms. The summed E-state index contributed by atoms with van der Waals surface area (Å²) >= 11 is 5.47. The number of anilines is 2. The van der Waals surface area contributed by atoms with Gasteiger partial charge in [-0.2, -0.15) is 0 Å². The minimum Gasteiger partial charge on any atom is -0.324 e. The van der Waals surface area contributed by atoms with Crippen molar-refractivity contribution in [2.45, 2.75) is 29.7 Å². The van der Waals surface area contributed by atoms with E-state index in [4.69, 9.17) is 0 Å². The van der Waals surface area contributed by atoms with Crippen LogP contribution in [0.5, 0.6) is 0 Å². The summed E-state index contributed by atoms with van der Waals surface area (Å²) in [6.45, 7) is 1.62. The highest BCUT2D eigenvalue weighted by molar-refractivity contribution is 9.10. The third-order valence-corrected chi connectivity index (χ3v) is 10.2. The molecule has 0 saturated carbocycles. The lowest BCUT2D eigenvalue weighted by Crippen LogP contribution is -2.33. The van der Waals surface area contributed by atoms with Crippen molar-refractivity contribution in [2.24, 2.45) is 5.92 Å². The fraction of sp³-hybridized carbons (Fsp3) is 0.172. The zero-order valence-electron chi connectivity index (χ0n) is 21.0. The summed E-state index contributed by atoms with van der Waals surface area (Å²) in [6, 6.07) is 20.0. The number of halogens is 2. The quantitative estimate of drug-likeness (QED) is 0.290. The number of carbonyl (C=O) groups is 3. The second kappa shape index (κ2) is 10.5. The van der Waals surface area contributed by atoms with Crippen LogP contribution in [0.2, 0.25) is 0 Å². The van der Waals surface area contributed by atoms with Crippen molar-refractivity contribution >= 4 is 68.1 Å². The lowest BCUT2D eigenvalue weighted by molar-refractivity contribution is -0.122. The number of thiazole rings is 1.